The smallest absolute Gasteiger partial charge is 0.173 e. The van der Waals surface area contributed by atoms with Crippen molar-refractivity contribution in [3.8, 4) is 5.75 Å². The van der Waals surface area contributed by atoms with Crippen LogP contribution in [0.2, 0.25) is 0 Å². The molecule has 0 saturated carbocycles. The quantitative estimate of drug-likeness (QED) is 0.334. The first kappa shape index (κ1) is 16.3. The Labute approximate surface area is 120 Å². The summed E-state index contributed by atoms with van der Waals surface area (Å²) in [7, 11) is 1.56. The van der Waals surface area contributed by atoms with Crippen molar-refractivity contribution in [3.63, 3.8) is 0 Å². The van der Waals surface area contributed by atoms with Crippen molar-refractivity contribution in [2.75, 3.05) is 7.11 Å². The van der Waals surface area contributed by atoms with Gasteiger partial charge >= 0.3 is 0 Å². The average molecular weight is 279 g/mol. The topological polar surface area (TPSA) is 79.9 Å². The van der Waals surface area contributed by atoms with Gasteiger partial charge in [0.25, 0.3) is 0 Å². The van der Waals surface area contributed by atoms with E-state index in [1.54, 1.807) is 7.11 Å². The molecule has 5 heteroatoms. The number of amidine groups is 1. The van der Waals surface area contributed by atoms with Gasteiger partial charge in [0.2, 0.25) is 0 Å². The molecule has 1 rings (SSSR count). The molecule has 20 heavy (non-hydrogen) atoms. The third-order valence-electron chi connectivity index (χ3n) is 3.56. The molecule has 0 aliphatic heterocycles. The highest BCUT2D eigenvalue weighted by Crippen LogP contribution is 2.21. The zero-order valence-electron chi connectivity index (χ0n) is 12.9. The molecule has 112 valence electrons. The SMILES string of the molecule is COc1ccc(CNC(C)C(C)(C)C)cc1/C(N)=N/O. The summed E-state index contributed by atoms with van der Waals surface area (Å²) in [5, 5.41) is 15.3. The van der Waals surface area contributed by atoms with Crippen LogP contribution in [0.15, 0.2) is 23.4 Å². The summed E-state index contributed by atoms with van der Waals surface area (Å²) >= 11 is 0. The standard InChI is InChI=1S/C15H25N3O2/c1-10(15(2,3)4)17-9-11-6-7-13(20-5)12(8-11)14(16)18-19/h6-8,10,17,19H,9H2,1-5H3,(H2,16,18). The number of ether oxygens (including phenoxy) is 1. The van der Waals surface area contributed by atoms with Gasteiger partial charge in [-0.15, -0.1) is 0 Å². The zero-order valence-corrected chi connectivity index (χ0v) is 12.9. The van der Waals surface area contributed by atoms with Crippen LogP contribution in [0.4, 0.5) is 0 Å². The van der Waals surface area contributed by atoms with Gasteiger partial charge in [0.05, 0.1) is 12.7 Å². The van der Waals surface area contributed by atoms with E-state index >= 15 is 0 Å². The Morgan fingerprint density at radius 3 is 2.60 bits per heavy atom. The lowest BCUT2D eigenvalue weighted by Crippen LogP contribution is -2.37. The summed E-state index contributed by atoms with van der Waals surface area (Å²) in [6.45, 7) is 9.46. The lowest BCUT2D eigenvalue weighted by atomic mass is 9.88. The second kappa shape index (κ2) is 6.61. The number of nitrogens with two attached hydrogens (primary N) is 1. The van der Waals surface area contributed by atoms with Crippen LogP contribution in [0.3, 0.4) is 0 Å². The number of benzene rings is 1. The van der Waals surface area contributed by atoms with Crippen molar-refractivity contribution < 1.29 is 9.94 Å². The van der Waals surface area contributed by atoms with Gasteiger partial charge in [-0.25, -0.2) is 0 Å². The molecule has 0 aliphatic rings. The molecule has 0 spiro atoms. The summed E-state index contributed by atoms with van der Waals surface area (Å²) in [4.78, 5) is 0. The molecule has 0 fully saturated rings. The zero-order chi connectivity index (χ0) is 15.3. The van der Waals surface area contributed by atoms with Crippen LogP contribution in [-0.2, 0) is 6.54 Å². The molecule has 0 radical (unpaired) electrons. The summed E-state index contributed by atoms with van der Waals surface area (Å²) in [5.41, 5.74) is 7.51. The van der Waals surface area contributed by atoms with E-state index in [0.29, 0.717) is 23.9 Å². The van der Waals surface area contributed by atoms with E-state index in [1.807, 2.05) is 18.2 Å². The number of oxime groups is 1. The predicted octanol–water partition coefficient (Wildman–Crippen LogP) is 2.31. The van der Waals surface area contributed by atoms with E-state index in [1.165, 1.54) is 0 Å². The maximum absolute atomic E-state index is 8.82. The van der Waals surface area contributed by atoms with Crippen LogP contribution in [0.5, 0.6) is 5.75 Å². The van der Waals surface area contributed by atoms with Gasteiger partial charge < -0.3 is 21.0 Å². The molecule has 0 heterocycles. The molecule has 0 aliphatic carbocycles. The third kappa shape index (κ3) is 4.13. The Morgan fingerprint density at radius 2 is 2.10 bits per heavy atom. The average Bonchev–Trinajstić information content (AvgIpc) is 2.42. The molecule has 0 amide bonds. The fourth-order valence-corrected chi connectivity index (χ4v) is 1.70. The molecule has 1 aromatic carbocycles. The summed E-state index contributed by atoms with van der Waals surface area (Å²) in [6, 6.07) is 6.04. The van der Waals surface area contributed by atoms with Crippen LogP contribution in [0.25, 0.3) is 0 Å². The first-order valence-electron chi connectivity index (χ1n) is 6.67. The van der Waals surface area contributed by atoms with Gasteiger partial charge in [-0.2, -0.15) is 0 Å². The number of hydrogen-bond acceptors (Lipinski definition) is 4. The maximum atomic E-state index is 8.82. The fourth-order valence-electron chi connectivity index (χ4n) is 1.70. The fraction of sp³-hybridized carbons (Fsp3) is 0.533. The van der Waals surface area contributed by atoms with Crippen LogP contribution in [0, 0.1) is 5.41 Å². The maximum Gasteiger partial charge on any atom is 0.173 e. The van der Waals surface area contributed by atoms with E-state index in [9.17, 15) is 0 Å². The van der Waals surface area contributed by atoms with Gasteiger partial charge in [0.15, 0.2) is 5.84 Å². The molecule has 0 aromatic heterocycles. The van der Waals surface area contributed by atoms with Crippen molar-refractivity contribution in [3.05, 3.63) is 29.3 Å². The minimum atomic E-state index is 0.0487. The molecule has 0 saturated heterocycles. The lowest BCUT2D eigenvalue weighted by molar-refractivity contribution is 0.285. The van der Waals surface area contributed by atoms with E-state index < -0.39 is 0 Å². The lowest BCUT2D eigenvalue weighted by Gasteiger charge is -2.28. The predicted molar refractivity (Wildman–Crippen MR) is 81.3 cm³/mol. The first-order valence-corrected chi connectivity index (χ1v) is 6.67. The molecule has 4 N–H and O–H groups in total. The second-order valence-electron chi connectivity index (χ2n) is 5.99. The number of hydrogen-bond donors (Lipinski definition) is 3. The highest BCUT2D eigenvalue weighted by Gasteiger charge is 2.19. The normalized spacial score (nSPS) is 14.2. The van der Waals surface area contributed by atoms with Crippen LogP contribution >= 0.6 is 0 Å². The number of methoxy groups -OCH3 is 1. The van der Waals surface area contributed by atoms with Crippen molar-refractivity contribution in [1.82, 2.24) is 5.32 Å². The Kier molecular flexibility index (Phi) is 5.39. The highest BCUT2D eigenvalue weighted by atomic mass is 16.5. The molecular weight excluding hydrogens is 254 g/mol. The summed E-state index contributed by atoms with van der Waals surface area (Å²) in [5.74, 6) is 0.639. The van der Waals surface area contributed by atoms with Gasteiger partial charge in [0, 0.05) is 12.6 Å². The Bertz CT molecular complexity index is 478. The van der Waals surface area contributed by atoms with E-state index in [2.05, 4.69) is 38.2 Å². The second-order valence-corrected chi connectivity index (χ2v) is 5.99. The van der Waals surface area contributed by atoms with Gasteiger partial charge in [-0.3, -0.25) is 0 Å². The minimum Gasteiger partial charge on any atom is -0.496 e. The highest BCUT2D eigenvalue weighted by molar-refractivity contribution is 5.99. The van der Waals surface area contributed by atoms with Gasteiger partial charge in [-0.05, 0) is 30.0 Å². The van der Waals surface area contributed by atoms with E-state index in [0.717, 1.165) is 5.56 Å². The summed E-state index contributed by atoms with van der Waals surface area (Å²) < 4.78 is 5.21. The molecule has 1 unspecified atom stereocenters. The number of nitrogens with zero attached hydrogens (tertiary/aromatic N) is 1. The van der Waals surface area contributed by atoms with Crippen molar-refractivity contribution >= 4 is 5.84 Å². The molecular formula is C15H25N3O2. The molecule has 1 aromatic rings. The largest absolute Gasteiger partial charge is 0.496 e. The molecule has 1 atom stereocenters. The Hall–Kier alpha value is -1.75. The number of rotatable bonds is 5. The van der Waals surface area contributed by atoms with Gasteiger partial charge in [-0.1, -0.05) is 32.0 Å². The van der Waals surface area contributed by atoms with E-state index in [-0.39, 0.29) is 11.3 Å². The Balaban J connectivity index is 2.88. The molecule has 0 bridgehead atoms. The van der Waals surface area contributed by atoms with E-state index in [4.69, 9.17) is 15.7 Å². The van der Waals surface area contributed by atoms with Crippen molar-refractivity contribution in [2.45, 2.75) is 40.3 Å². The van der Waals surface area contributed by atoms with Crippen molar-refractivity contribution in [1.29, 1.82) is 0 Å². The van der Waals surface area contributed by atoms with Gasteiger partial charge in [0.1, 0.15) is 5.75 Å². The van der Waals surface area contributed by atoms with Crippen molar-refractivity contribution in [2.24, 2.45) is 16.3 Å². The first-order chi connectivity index (χ1) is 9.29. The minimum absolute atomic E-state index is 0.0487. The monoisotopic (exact) mass is 279 g/mol. The molecule has 5 nitrogen and oxygen atoms in total. The van der Waals surface area contributed by atoms with Crippen LogP contribution < -0.4 is 15.8 Å². The number of nitrogens with one attached hydrogen (secondary N) is 1. The van der Waals surface area contributed by atoms with Crippen LogP contribution in [0.1, 0.15) is 38.8 Å². The van der Waals surface area contributed by atoms with Crippen LogP contribution in [-0.4, -0.2) is 24.2 Å². The Morgan fingerprint density at radius 1 is 1.45 bits per heavy atom. The summed E-state index contributed by atoms with van der Waals surface area (Å²) in [6.07, 6.45) is 0. The third-order valence-corrected chi connectivity index (χ3v) is 3.56.